The predicted octanol–water partition coefficient (Wildman–Crippen LogP) is 1.53. The van der Waals surface area contributed by atoms with Crippen molar-refractivity contribution in [3.8, 4) is 0 Å². The van der Waals surface area contributed by atoms with Crippen molar-refractivity contribution in [3.63, 3.8) is 0 Å². The molecule has 0 radical (unpaired) electrons. The molecule has 1 aliphatic heterocycles. The third kappa shape index (κ3) is 4.42. The van der Waals surface area contributed by atoms with Gasteiger partial charge in [-0.1, -0.05) is 0 Å². The first-order valence-electron chi connectivity index (χ1n) is 8.73. The number of amides is 1. The van der Waals surface area contributed by atoms with Gasteiger partial charge in [0.25, 0.3) is 5.56 Å². The maximum Gasteiger partial charge on any atom is 0.337 e. The lowest BCUT2D eigenvalue weighted by molar-refractivity contribution is -0.121. The van der Waals surface area contributed by atoms with E-state index in [1.54, 1.807) is 6.07 Å². The van der Waals surface area contributed by atoms with Crippen LogP contribution in [-0.2, 0) is 20.8 Å². The van der Waals surface area contributed by atoms with Crippen molar-refractivity contribution in [2.75, 3.05) is 20.3 Å². The first kappa shape index (κ1) is 19.2. The number of carbonyl (C=O) groups excluding carboxylic acids is 2. The van der Waals surface area contributed by atoms with Crippen molar-refractivity contribution in [1.29, 1.82) is 0 Å². The van der Waals surface area contributed by atoms with Crippen LogP contribution in [-0.4, -0.2) is 47.8 Å². The summed E-state index contributed by atoms with van der Waals surface area (Å²) in [6, 6.07) is 4.59. The topological polar surface area (TPSA) is 102 Å². The number of rotatable bonds is 6. The summed E-state index contributed by atoms with van der Waals surface area (Å²) >= 11 is 5.25. The largest absolute Gasteiger partial charge is 0.465 e. The highest BCUT2D eigenvalue weighted by atomic mass is 32.1. The fraction of sp³-hybridized carbons (Fsp3) is 0.444. The number of hydrogen-bond donors (Lipinski definition) is 2. The molecule has 9 heteroatoms. The van der Waals surface area contributed by atoms with E-state index < -0.39 is 5.97 Å². The van der Waals surface area contributed by atoms with Gasteiger partial charge in [-0.2, -0.15) is 0 Å². The highest BCUT2D eigenvalue weighted by molar-refractivity contribution is 7.71. The van der Waals surface area contributed by atoms with E-state index >= 15 is 0 Å². The fourth-order valence-corrected chi connectivity index (χ4v) is 3.32. The Kier molecular flexibility index (Phi) is 6.02. The van der Waals surface area contributed by atoms with Crippen molar-refractivity contribution in [2.24, 2.45) is 0 Å². The summed E-state index contributed by atoms with van der Waals surface area (Å²) in [6.45, 7) is 1.38. The molecule has 0 aliphatic carbocycles. The van der Waals surface area contributed by atoms with E-state index in [1.807, 2.05) is 0 Å². The maximum absolute atomic E-state index is 12.7. The second kappa shape index (κ2) is 8.45. The summed E-state index contributed by atoms with van der Waals surface area (Å²) in [5, 5.41) is 3.21. The zero-order valence-electron chi connectivity index (χ0n) is 14.9. The Morgan fingerprint density at radius 3 is 2.96 bits per heavy atom. The maximum atomic E-state index is 12.7. The number of fused-ring (bicyclic) bond motifs is 1. The number of nitrogens with zero attached hydrogens (tertiary/aromatic N) is 1. The number of H-pyrrole nitrogens is 1. The van der Waals surface area contributed by atoms with Crippen LogP contribution in [0.3, 0.4) is 0 Å². The van der Waals surface area contributed by atoms with Gasteiger partial charge >= 0.3 is 5.97 Å². The van der Waals surface area contributed by atoms with E-state index in [2.05, 4.69) is 15.0 Å². The molecule has 1 aromatic heterocycles. The fourth-order valence-electron chi connectivity index (χ4n) is 3.04. The monoisotopic (exact) mass is 391 g/mol. The predicted molar refractivity (Wildman–Crippen MR) is 101 cm³/mol. The van der Waals surface area contributed by atoms with Crippen LogP contribution in [0.25, 0.3) is 10.9 Å². The second-order valence-electron chi connectivity index (χ2n) is 6.33. The minimum Gasteiger partial charge on any atom is -0.465 e. The molecule has 1 amide bonds. The Hall–Kier alpha value is -2.52. The van der Waals surface area contributed by atoms with E-state index in [1.165, 1.54) is 23.8 Å². The lowest BCUT2D eigenvalue weighted by Crippen LogP contribution is -2.33. The van der Waals surface area contributed by atoms with Crippen LogP contribution >= 0.6 is 12.2 Å². The van der Waals surface area contributed by atoms with Crippen LogP contribution < -0.4 is 10.9 Å². The molecule has 0 saturated carbocycles. The Morgan fingerprint density at radius 1 is 1.44 bits per heavy atom. The average molecular weight is 391 g/mol. The van der Waals surface area contributed by atoms with Gasteiger partial charge in [0.2, 0.25) is 5.91 Å². The minimum absolute atomic E-state index is 0.0733. The Morgan fingerprint density at radius 2 is 2.26 bits per heavy atom. The highest BCUT2D eigenvalue weighted by Gasteiger charge is 2.16. The summed E-state index contributed by atoms with van der Waals surface area (Å²) in [5.41, 5.74) is 0.463. The smallest absolute Gasteiger partial charge is 0.337 e. The molecule has 2 heterocycles. The Balaban J connectivity index is 1.72. The Labute approximate surface area is 160 Å². The number of aromatic amines is 1. The number of nitrogens with one attached hydrogen (secondary N) is 2. The molecule has 1 saturated heterocycles. The number of carbonyl (C=O) groups is 2. The molecule has 0 unspecified atom stereocenters. The summed E-state index contributed by atoms with van der Waals surface area (Å²) < 4.78 is 11.7. The molecular weight excluding hydrogens is 370 g/mol. The molecule has 3 rings (SSSR count). The van der Waals surface area contributed by atoms with Gasteiger partial charge in [-0.05, 0) is 43.3 Å². The van der Waals surface area contributed by atoms with Crippen LogP contribution in [0, 0.1) is 4.77 Å². The van der Waals surface area contributed by atoms with Crippen molar-refractivity contribution in [1.82, 2.24) is 14.9 Å². The van der Waals surface area contributed by atoms with Crippen LogP contribution in [0.2, 0.25) is 0 Å². The van der Waals surface area contributed by atoms with E-state index in [0.717, 1.165) is 19.4 Å². The van der Waals surface area contributed by atoms with E-state index in [-0.39, 0.29) is 35.3 Å². The van der Waals surface area contributed by atoms with Crippen LogP contribution in [0.15, 0.2) is 23.0 Å². The molecule has 1 fully saturated rings. The van der Waals surface area contributed by atoms with Crippen molar-refractivity contribution in [2.45, 2.75) is 31.9 Å². The molecule has 1 aromatic carbocycles. The van der Waals surface area contributed by atoms with Crippen molar-refractivity contribution in [3.05, 3.63) is 38.9 Å². The van der Waals surface area contributed by atoms with Gasteiger partial charge in [-0.15, -0.1) is 0 Å². The van der Waals surface area contributed by atoms with E-state index in [0.29, 0.717) is 23.0 Å². The molecule has 1 aliphatic rings. The number of benzene rings is 1. The van der Waals surface area contributed by atoms with Gasteiger partial charge < -0.3 is 19.8 Å². The number of methoxy groups -OCH3 is 1. The number of esters is 1. The molecule has 0 bridgehead atoms. The van der Waals surface area contributed by atoms with Crippen molar-refractivity contribution < 1.29 is 19.1 Å². The zero-order valence-corrected chi connectivity index (χ0v) is 15.8. The summed E-state index contributed by atoms with van der Waals surface area (Å²) in [7, 11) is 1.29. The molecule has 2 aromatic rings. The highest BCUT2D eigenvalue weighted by Crippen LogP contribution is 2.12. The average Bonchev–Trinajstić information content (AvgIpc) is 3.18. The standard InChI is InChI=1S/C18H21N3O5S/c1-25-17(24)11-4-5-13-14(9-11)20-18(27)21(16(13)23)7-6-15(22)19-10-12-3-2-8-26-12/h4-5,9,12H,2-3,6-8,10H2,1H3,(H,19,22)(H,20,27)/t12-/m1/s1. The molecule has 8 nitrogen and oxygen atoms in total. The van der Waals surface area contributed by atoms with Gasteiger partial charge in [0, 0.05) is 26.1 Å². The van der Waals surface area contributed by atoms with Gasteiger partial charge in [-0.25, -0.2) is 4.79 Å². The summed E-state index contributed by atoms with van der Waals surface area (Å²) in [6.07, 6.45) is 2.17. The molecule has 0 spiro atoms. The second-order valence-corrected chi connectivity index (χ2v) is 6.71. The SMILES string of the molecule is COC(=O)c1ccc2c(=O)n(CCC(=O)NC[C@H]3CCCO3)c(=S)[nH]c2c1. The van der Waals surface area contributed by atoms with Crippen molar-refractivity contribution >= 4 is 35.0 Å². The third-order valence-corrected chi connectivity index (χ3v) is 4.84. The van der Waals surface area contributed by atoms with E-state index in [4.69, 9.17) is 17.0 Å². The minimum atomic E-state index is -0.497. The van der Waals surface area contributed by atoms with Gasteiger partial charge in [0.1, 0.15) is 0 Å². The van der Waals surface area contributed by atoms with Crippen LogP contribution in [0.1, 0.15) is 29.6 Å². The first-order valence-corrected chi connectivity index (χ1v) is 9.14. The number of hydrogen-bond acceptors (Lipinski definition) is 6. The number of aromatic nitrogens is 2. The molecule has 27 heavy (non-hydrogen) atoms. The Bertz CT molecular complexity index is 975. The number of ether oxygens (including phenoxy) is 2. The van der Waals surface area contributed by atoms with Gasteiger partial charge in [0.15, 0.2) is 4.77 Å². The zero-order chi connectivity index (χ0) is 19.4. The van der Waals surface area contributed by atoms with Crippen LogP contribution in [0.5, 0.6) is 0 Å². The molecule has 1 atom stereocenters. The summed E-state index contributed by atoms with van der Waals surface area (Å²) in [5.74, 6) is -0.656. The van der Waals surface area contributed by atoms with Gasteiger partial charge in [0.05, 0.1) is 29.7 Å². The summed E-state index contributed by atoms with van der Waals surface area (Å²) in [4.78, 5) is 39.3. The lowest BCUT2D eigenvalue weighted by atomic mass is 10.1. The lowest BCUT2D eigenvalue weighted by Gasteiger charge is -2.12. The first-order chi connectivity index (χ1) is 13.0. The molecule has 2 N–H and O–H groups in total. The third-order valence-electron chi connectivity index (χ3n) is 4.52. The van der Waals surface area contributed by atoms with Gasteiger partial charge in [-0.3, -0.25) is 14.2 Å². The van der Waals surface area contributed by atoms with E-state index in [9.17, 15) is 14.4 Å². The quantitative estimate of drug-likeness (QED) is 0.572. The normalized spacial score (nSPS) is 16.4. The van der Waals surface area contributed by atoms with Crippen LogP contribution in [0.4, 0.5) is 0 Å². The molecule has 144 valence electrons. The molecular formula is C18H21N3O5S.